The number of fused-ring (bicyclic) bond motifs is 1. The molecule has 1 heterocycles. The summed E-state index contributed by atoms with van der Waals surface area (Å²) in [6, 6.07) is 5.88. The number of hydrogen-bond acceptors (Lipinski definition) is 4. The molecule has 5 nitrogen and oxygen atoms in total. The van der Waals surface area contributed by atoms with Crippen molar-refractivity contribution in [2.75, 3.05) is 17.7 Å². The number of carbonyl (C=O) groups excluding carboxylic acids is 1. The third-order valence-corrected chi connectivity index (χ3v) is 3.18. The van der Waals surface area contributed by atoms with E-state index in [1.807, 2.05) is 37.3 Å². The normalized spacial score (nSPS) is 19.2. The highest BCUT2D eigenvalue weighted by atomic mass is 16.1. The third kappa shape index (κ3) is 3.72. The summed E-state index contributed by atoms with van der Waals surface area (Å²) in [5.41, 5.74) is 9.09. The lowest BCUT2D eigenvalue weighted by molar-refractivity contribution is -0.116. The van der Waals surface area contributed by atoms with Gasteiger partial charge in [0, 0.05) is 37.5 Å². The van der Waals surface area contributed by atoms with Gasteiger partial charge in [0.25, 0.3) is 0 Å². The molecule has 5 heteroatoms. The predicted molar refractivity (Wildman–Crippen MR) is 88.5 cm³/mol. The molecule has 0 saturated carbocycles. The number of amides is 1. The average molecular weight is 284 g/mol. The molecule has 0 unspecified atom stereocenters. The van der Waals surface area contributed by atoms with E-state index < -0.39 is 0 Å². The summed E-state index contributed by atoms with van der Waals surface area (Å²) in [5, 5.41) is 6.30. The SMILES string of the molecule is CN=CC(=CN)/C=C/c1cccc2c1N[C@H](C)CC(=O)N2. The van der Waals surface area contributed by atoms with Gasteiger partial charge in [0.05, 0.1) is 11.4 Å². The zero-order valence-corrected chi connectivity index (χ0v) is 12.3. The number of nitrogens with one attached hydrogen (secondary N) is 2. The second-order valence-corrected chi connectivity index (χ2v) is 4.95. The van der Waals surface area contributed by atoms with E-state index >= 15 is 0 Å². The number of nitrogens with two attached hydrogens (primary N) is 1. The quantitative estimate of drug-likeness (QED) is 0.589. The van der Waals surface area contributed by atoms with Crippen LogP contribution >= 0.6 is 0 Å². The van der Waals surface area contributed by atoms with Crippen molar-refractivity contribution >= 4 is 29.6 Å². The van der Waals surface area contributed by atoms with Crippen molar-refractivity contribution in [3.05, 3.63) is 41.6 Å². The summed E-state index contributed by atoms with van der Waals surface area (Å²) in [7, 11) is 1.70. The first-order valence-corrected chi connectivity index (χ1v) is 6.85. The molecule has 0 aliphatic carbocycles. The lowest BCUT2D eigenvalue weighted by atomic mass is 10.1. The molecule has 1 aromatic carbocycles. The molecular formula is C16H20N4O. The summed E-state index contributed by atoms with van der Waals surface area (Å²) >= 11 is 0. The van der Waals surface area contributed by atoms with E-state index in [1.54, 1.807) is 13.3 Å². The van der Waals surface area contributed by atoms with Gasteiger partial charge in [-0.2, -0.15) is 0 Å². The molecule has 1 aliphatic heterocycles. The van der Waals surface area contributed by atoms with Crippen molar-refractivity contribution in [2.45, 2.75) is 19.4 Å². The zero-order chi connectivity index (χ0) is 15.2. The lowest BCUT2D eigenvalue weighted by Crippen LogP contribution is -2.19. The molecule has 1 amide bonds. The Hall–Kier alpha value is -2.56. The molecule has 4 N–H and O–H groups in total. The van der Waals surface area contributed by atoms with Gasteiger partial charge in [-0.05, 0) is 18.6 Å². The molecule has 110 valence electrons. The van der Waals surface area contributed by atoms with Crippen LogP contribution in [-0.2, 0) is 4.79 Å². The maximum Gasteiger partial charge on any atom is 0.226 e. The Morgan fingerprint density at radius 3 is 3.00 bits per heavy atom. The Kier molecular flexibility index (Phi) is 4.77. The largest absolute Gasteiger partial charge is 0.404 e. The fourth-order valence-corrected chi connectivity index (χ4v) is 2.23. The number of rotatable bonds is 3. The van der Waals surface area contributed by atoms with Gasteiger partial charge in [0.1, 0.15) is 0 Å². The van der Waals surface area contributed by atoms with Gasteiger partial charge in [-0.15, -0.1) is 0 Å². The Morgan fingerprint density at radius 1 is 1.48 bits per heavy atom. The van der Waals surface area contributed by atoms with Crippen LogP contribution in [0.25, 0.3) is 6.08 Å². The zero-order valence-electron chi connectivity index (χ0n) is 12.3. The second-order valence-electron chi connectivity index (χ2n) is 4.95. The number of aliphatic imine (C=N–C) groups is 1. The van der Waals surface area contributed by atoms with E-state index in [0.29, 0.717) is 6.42 Å². The molecule has 2 rings (SSSR count). The molecule has 0 spiro atoms. The van der Waals surface area contributed by atoms with Gasteiger partial charge in [-0.1, -0.05) is 24.3 Å². The van der Waals surface area contributed by atoms with Crippen molar-refractivity contribution in [1.82, 2.24) is 0 Å². The number of benzene rings is 1. The molecule has 0 radical (unpaired) electrons. The number of anilines is 2. The van der Waals surface area contributed by atoms with Crippen molar-refractivity contribution in [3.8, 4) is 0 Å². The predicted octanol–water partition coefficient (Wildman–Crippen LogP) is 2.39. The minimum Gasteiger partial charge on any atom is -0.404 e. The molecule has 0 fully saturated rings. The second kappa shape index (κ2) is 6.74. The fraction of sp³-hybridized carbons (Fsp3) is 0.250. The topological polar surface area (TPSA) is 79.5 Å². The van der Waals surface area contributed by atoms with Crippen molar-refractivity contribution in [3.63, 3.8) is 0 Å². The van der Waals surface area contributed by atoms with Crippen LogP contribution in [0.3, 0.4) is 0 Å². The van der Waals surface area contributed by atoms with Crippen LogP contribution in [0, 0.1) is 0 Å². The number of carbonyl (C=O) groups is 1. The smallest absolute Gasteiger partial charge is 0.226 e. The van der Waals surface area contributed by atoms with Crippen LogP contribution in [0.2, 0.25) is 0 Å². The molecule has 0 aromatic heterocycles. The summed E-state index contributed by atoms with van der Waals surface area (Å²) in [4.78, 5) is 15.7. The maximum absolute atomic E-state index is 11.8. The van der Waals surface area contributed by atoms with Gasteiger partial charge in [0.2, 0.25) is 5.91 Å². The average Bonchev–Trinajstić information content (AvgIpc) is 2.60. The third-order valence-electron chi connectivity index (χ3n) is 3.18. The standard InChI is InChI=1S/C16H20N4O/c1-11-8-15(21)20-14-5-3-4-13(16(14)19-11)7-6-12(9-17)10-18-2/h3-7,9-11,19H,8,17H2,1-2H3,(H,20,21)/b7-6+,12-9?,18-10?/t11-/m1/s1. The van der Waals surface area contributed by atoms with E-state index in [4.69, 9.17) is 5.73 Å². The van der Waals surface area contributed by atoms with E-state index in [9.17, 15) is 4.79 Å². The first-order chi connectivity index (χ1) is 10.1. The molecule has 1 aromatic rings. The summed E-state index contributed by atoms with van der Waals surface area (Å²) in [5.74, 6) is 0.0236. The summed E-state index contributed by atoms with van der Waals surface area (Å²) in [6.07, 6.45) is 7.49. The monoisotopic (exact) mass is 284 g/mol. The molecule has 21 heavy (non-hydrogen) atoms. The Morgan fingerprint density at radius 2 is 2.29 bits per heavy atom. The van der Waals surface area contributed by atoms with E-state index in [-0.39, 0.29) is 11.9 Å². The van der Waals surface area contributed by atoms with Crippen molar-refractivity contribution in [2.24, 2.45) is 10.7 Å². The van der Waals surface area contributed by atoms with Crippen LogP contribution in [0.1, 0.15) is 18.9 Å². The highest BCUT2D eigenvalue weighted by Crippen LogP contribution is 2.30. The van der Waals surface area contributed by atoms with Gasteiger partial charge < -0.3 is 16.4 Å². The van der Waals surface area contributed by atoms with Crippen LogP contribution in [0.5, 0.6) is 0 Å². The van der Waals surface area contributed by atoms with Gasteiger partial charge in [0.15, 0.2) is 0 Å². The summed E-state index contributed by atoms with van der Waals surface area (Å²) < 4.78 is 0. The molecule has 1 atom stereocenters. The lowest BCUT2D eigenvalue weighted by Gasteiger charge is -2.14. The number of para-hydroxylation sites is 1. The van der Waals surface area contributed by atoms with E-state index in [1.165, 1.54) is 6.20 Å². The minimum atomic E-state index is 0.0236. The van der Waals surface area contributed by atoms with Crippen LogP contribution in [-0.4, -0.2) is 25.2 Å². The maximum atomic E-state index is 11.8. The Balaban J connectivity index is 2.36. The van der Waals surface area contributed by atoms with Gasteiger partial charge in [-0.3, -0.25) is 9.79 Å². The Labute approximate surface area is 124 Å². The van der Waals surface area contributed by atoms with E-state index in [2.05, 4.69) is 15.6 Å². The summed E-state index contributed by atoms with van der Waals surface area (Å²) in [6.45, 7) is 1.99. The minimum absolute atomic E-state index is 0.0236. The van der Waals surface area contributed by atoms with Crippen LogP contribution in [0.15, 0.2) is 41.0 Å². The first kappa shape index (κ1) is 14.8. The van der Waals surface area contributed by atoms with Crippen LogP contribution in [0.4, 0.5) is 11.4 Å². The van der Waals surface area contributed by atoms with Gasteiger partial charge >= 0.3 is 0 Å². The van der Waals surface area contributed by atoms with Crippen LogP contribution < -0.4 is 16.4 Å². The first-order valence-electron chi connectivity index (χ1n) is 6.85. The Bertz CT molecular complexity index is 617. The van der Waals surface area contributed by atoms with Crippen molar-refractivity contribution in [1.29, 1.82) is 0 Å². The molecule has 0 bridgehead atoms. The number of nitrogens with zero attached hydrogens (tertiary/aromatic N) is 1. The number of hydrogen-bond donors (Lipinski definition) is 3. The fourth-order valence-electron chi connectivity index (χ4n) is 2.23. The highest BCUT2D eigenvalue weighted by molar-refractivity contribution is 5.98. The molecule has 1 aliphatic rings. The molecular weight excluding hydrogens is 264 g/mol. The van der Waals surface area contributed by atoms with Crippen molar-refractivity contribution < 1.29 is 4.79 Å². The van der Waals surface area contributed by atoms with Gasteiger partial charge in [-0.25, -0.2) is 0 Å². The molecule has 0 saturated heterocycles. The number of allylic oxidation sites excluding steroid dienone is 2. The van der Waals surface area contributed by atoms with E-state index in [0.717, 1.165) is 22.5 Å². The highest BCUT2D eigenvalue weighted by Gasteiger charge is 2.18.